The fourth-order valence-electron chi connectivity index (χ4n) is 3.67. The molecule has 1 spiro atoms. The number of aromatic nitrogens is 1. The zero-order chi connectivity index (χ0) is 19.4. The minimum Gasteiger partial charge on any atom is -0.255 e. The lowest BCUT2D eigenvalue weighted by molar-refractivity contribution is -0.137. The quantitative estimate of drug-likeness (QED) is 0.847. The Kier molecular flexibility index (Phi) is 3.98. The van der Waals surface area contributed by atoms with Gasteiger partial charge in [-0.05, 0) is 72.1 Å². The van der Waals surface area contributed by atoms with E-state index in [9.17, 15) is 21.6 Å². The molecule has 1 heterocycles. The fraction of sp³-hybridized carbons (Fsp3) is 0.316. The summed E-state index contributed by atoms with van der Waals surface area (Å²) < 4.78 is 61.3. The number of allylic oxidation sites excluding steroid dienone is 2. The van der Waals surface area contributed by atoms with Crippen LogP contribution in [0, 0.1) is 5.41 Å². The fourth-order valence-corrected chi connectivity index (χ4v) is 4.12. The summed E-state index contributed by atoms with van der Waals surface area (Å²) in [5, 5.41) is 5.11. The molecule has 1 aromatic carbocycles. The second kappa shape index (κ2) is 5.90. The van der Waals surface area contributed by atoms with Gasteiger partial charge in [0.1, 0.15) is 4.90 Å². The van der Waals surface area contributed by atoms with Crippen LogP contribution in [0.3, 0.4) is 0 Å². The van der Waals surface area contributed by atoms with Gasteiger partial charge in [-0.15, -0.1) is 0 Å². The number of pyridine rings is 1. The van der Waals surface area contributed by atoms with Crippen molar-refractivity contribution in [3.05, 3.63) is 59.4 Å². The first-order valence-electron chi connectivity index (χ1n) is 8.46. The maximum Gasteiger partial charge on any atom is 0.416 e. The molecule has 1 fully saturated rings. The Bertz CT molecular complexity index is 1020. The highest BCUT2D eigenvalue weighted by Crippen LogP contribution is 2.63. The van der Waals surface area contributed by atoms with Crippen LogP contribution in [-0.2, 0) is 16.2 Å². The minimum absolute atomic E-state index is 0.0675. The average molecular weight is 394 g/mol. The third-order valence-electron chi connectivity index (χ3n) is 5.36. The van der Waals surface area contributed by atoms with Gasteiger partial charge in [-0.3, -0.25) is 4.98 Å². The first kappa shape index (κ1) is 18.2. The predicted octanol–water partition coefficient (Wildman–Crippen LogP) is 4.23. The second-order valence-corrected chi connectivity index (χ2v) is 8.87. The summed E-state index contributed by atoms with van der Waals surface area (Å²) in [6, 6.07) is 8.20. The first-order chi connectivity index (χ1) is 12.6. The summed E-state index contributed by atoms with van der Waals surface area (Å²) >= 11 is 0. The predicted molar refractivity (Wildman–Crippen MR) is 94.8 cm³/mol. The number of benzene rings is 1. The van der Waals surface area contributed by atoms with Crippen molar-refractivity contribution in [2.75, 3.05) is 0 Å². The summed E-state index contributed by atoms with van der Waals surface area (Å²) in [7, 11) is -3.82. The van der Waals surface area contributed by atoms with E-state index in [2.05, 4.69) is 4.98 Å². The van der Waals surface area contributed by atoms with Crippen LogP contribution < -0.4 is 5.14 Å². The van der Waals surface area contributed by atoms with Gasteiger partial charge in [0.15, 0.2) is 0 Å². The van der Waals surface area contributed by atoms with Crippen LogP contribution in [0.1, 0.15) is 42.5 Å². The Morgan fingerprint density at radius 2 is 1.59 bits per heavy atom. The molecule has 2 aliphatic carbocycles. The Labute approximate surface area is 155 Å². The molecule has 2 aromatic rings. The topological polar surface area (TPSA) is 73.1 Å². The molecule has 1 saturated carbocycles. The highest BCUT2D eigenvalue weighted by atomic mass is 32.2. The van der Waals surface area contributed by atoms with Crippen molar-refractivity contribution < 1.29 is 21.6 Å². The molecule has 0 radical (unpaired) electrons. The molecule has 0 saturated heterocycles. The van der Waals surface area contributed by atoms with Gasteiger partial charge >= 0.3 is 6.18 Å². The Morgan fingerprint density at radius 3 is 2.07 bits per heavy atom. The molecule has 4 rings (SSSR count). The number of rotatable bonds is 3. The number of hydrogen-bond acceptors (Lipinski definition) is 3. The van der Waals surface area contributed by atoms with Crippen molar-refractivity contribution in [3.63, 3.8) is 0 Å². The van der Waals surface area contributed by atoms with E-state index in [1.165, 1.54) is 24.4 Å². The Balaban J connectivity index is 1.74. The third-order valence-corrected chi connectivity index (χ3v) is 6.26. The average Bonchev–Trinajstić information content (AvgIpc) is 3.24. The number of nitrogens with zero attached hydrogens (tertiary/aromatic N) is 1. The van der Waals surface area contributed by atoms with E-state index in [0.29, 0.717) is 5.69 Å². The van der Waals surface area contributed by atoms with Crippen LogP contribution in [0.2, 0.25) is 0 Å². The van der Waals surface area contributed by atoms with Crippen molar-refractivity contribution in [2.24, 2.45) is 10.6 Å². The van der Waals surface area contributed by atoms with Gasteiger partial charge in [0.05, 0.1) is 11.3 Å². The van der Waals surface area contributed by atoms with Crippen LogP contribution >= 0.6 is 0 Å². The van der Waals surface area contributed by atoms with E-state index in [4.69, 9.17) is 5.14 Å². The van der Waals surface area contributed by atoms with Gasteiger partial charge in [0.2, 0.25) is 10.0 Å². The van der Waals surface area contributed by atoms with Crippen LogP contribution in [0.5, 0.6) is 0 Å². The summed E-state index contributed by atoms with van der Waals surface area (Å²) in [6.45, 7) is 0. The van der Waals surface area contributed by atoms with Crippen molar-refractivity contribution in [3.8, 4) is 0 Å². The molecular weight excluding hydrogens is 377 g/mol. The van der Waals surface area contributed by atoms with E-state index in [-0.39, 0.29) is 10.3 Å². The summed E-state index contributed by atoms with van der Waals surface area (Å²) in [6.07, 6.45) is 0.608. The molecule has 0 unspecified atom stereocenters. The van der Waals surface area contributed by atoms with Gasteiger partial charge < -0.3 is 0 Å². The summed E-state index contributed by atoms with van der Waals surface area (Å²) in [4.78, 5) is 4.19. The lowest BCUT2D eigenvalue weighted by atomic mass is 9.97. The van der Waals surface area contributed by atoms with E-state index < -0.39 is 21.8 Å². The smallest absolute Gasteiger partial charge is 0.255 e. The van der Waals surface area contributed by atoms with E-state index in [0.717, 1.165) is 54.5 Å². The highest BCUT2D eigenvalue weighted by molar-refractivity contribution is 7.89. The van der Waals surface area contributed by atoms with Crippen LogP contribution in [0.25, 0.3) is 11.1 Å². The van der Waals surface area contributed by atoms with Crippen molar-refractivity contribution in [2.45, 2.75) is 36.8 Å². The Morgan fingerprint density at radius 1 is 0.963 bits per heavy atom. The van der Waals surface area contributed by atoms with E-state index >= 15 is 0 Å². The van der Waals surface area contributed by atoms with Gasteiger partial charge in [-0.2, -0.15) is 13.2 Å². The molecule has 0 aliphatic heterocycles. The summed E-state index contributed by atoms with van der Waals surface area (Å²) in [5.74, 6) is 0. The molecule has 1 aromatic heterocycles. The van der Waals surface area contributed by atoms with Crippen molar-refractivity contribution in [1.29, 1.82) is 0 Å². The molecule has 8 heteroatoms. The van der Waals surface area contributed by atoms with Gasteiger partial charge in [0, 0.05) is 6.20 Å². The normalized spacial score (nSPS) is 19.0. The molecule has 0 amide bonds. The van der Waals surface area contributed by atoms with Gasteiger partial charge in [-0.1, -0.05) is 12.1 Å². The standard InChI is InChI=1S/C19H17F3N2O2S/c20-19(21,22)13-3-1-12(2-4-13)15-9-18(7-8-18)10-16(15)17-6-5-14(11-24-17)27(23,25)26/h1-6,11H,7-10H2,(H2,23,25,26). The van der Waals surface area contributed by atoms with Crippen molar-refractivity contribution in [1.82, 2.24) is 4.98 Å². The number of primary sulfonamides is 1. The molecule has 4 nitrogen and oxygen atoms in total. The monoisotopic (exact) mass is 394 g/mol. The molecule has 2 N–H and O–H groups in total. The SMILES string of the molecule is NS(=O)(=O)c1ccc(C2=C(c3ccc(C(F)(F)F)cc3)CC3(CC3)C2)nc1. The van der Waals surface area contributed by atoms with Crippen molar-refractivity contribution >= 4 is 21.2 Å². The first-order valence-corrected chi connectivity index (χ1v) is 10.0. The third kappa shape index (κ3) is 3.51. The molecule has 0 atom stereocenters. The zero-order valence-corrected chi connectivity index (χ0v) is 15.1. The number of alkyl halides is 3. The maximum absolute atomic E-state index is 12.8. The molecule has 2 aliphatic rings. The highest BCUT2D eigenvalue weighted by Gasteiger charge is 2.48. The zero-order valence-electron chi connectivity index (χ0n) is 14.3. The van der Waals surface area contributed by atoms with Gasteiger partial charge in [-0.25, -0.2) is 13.6 Å². The largest absolute Gasteiger partial charge is 0.416 e. The second-order valence-electron chi connectivity index (χ2n) is 7.31. The number of sulfonamides is 1. The number of nitrogens with two attached hydrogens (primary N) is 1. The number of hydrogen-bond donors (Lipinski definition) is 1. The van der Waals surface area contributed by atoms with Crippen LogP contribution in [0.15, 0.2) is 47.5 Å². The van der Waals surface area contributed by atoms with E-state index in [1.807, 2.05) is 0 Å². The minimum atomic E-state index is -4.37. The van der Waals surface area contributed by atoms with Gasteiger partial charge in [0.25, 0.3) is 0 Å². The van der Waals surface area contributed by atoms with E-state index in [1.54, 1.807) is 6.07 Å². The molecular formula is C19H17F3N2O2S. The van der Waals surface area contributed by atoms with Crippen LogP contribution in [0.4, 0.5) is 13.2 Å². The molecule has 0 bridgehead atoms. The molecule has 27 heavy (non-hydrogen) atoms. The maximum atomic E-state index is 12.8. The Hall–Kier alpha value is -2.19. The number of halogens is 3. The summed E-state index contributed by atoms with van der Waals surface area (Å²) in [5.41, 5.74) is 2.84. The lowest BCUT2D eigenvalue weighted by Gasteiger charge is -2.11. The van der Waals surface area contributed by atoms with Crippen LogP contribution in [-0.4, -0.2) is 13.4 Å². The lowest BCUT2D eigenvalue weighted by Crippen LogP contribution is -2.12. The molecule has 142 valence electrons.